The van der Waals surface area contributed by atoms with Crippen LogP contribution in [-0.2, 0) is 4.79 Å². The summed E-state index contributed by atoms with van der Waals surface area (Å²) in [5.41, 5.74) is 6.35. The molecule has 0 spiro atoms. The molecule has 0 aromatic carbocycles. The lowest BCUT2D eigenvalue weighted by molar-refractivity contribution is -0.117. The Morgan fingerprint density at radius 3 is 2.18 bits per heavy atom. The van der Waals surface area contributed by atoms with Crippen molar-refractivity contribution in [3.63, 3.8) is 0 Å². The van der Waals surface area contributed by atoms with E-state index >= 15 is 0 Å². The summed E-state index contributed by atoms with van der Waals surface area (Å²) < 4.78 is 0. The number of allylic oxidation sites excluding steroid dienone is 1. The molecule has 0 radical (unpaired) electrons. The number of primary amides is 1. The Kier molecular flexibility index (Phi) is 3.30. The van der Waals surface area contributed by atoms with Gasteiger partial charge in [-0.05, 0) is 12.3 Å². The van der Waals surface area contributed by atoms with Crippen LogP contribution in [0, 0.1) is 5.41 Å². The largest absolute Gasteiger partial charge is 0.369 e. The molecule has 0 aromatic rings. The second kappa shape index (κ2) is 3.56. The zero-order valence-corrected chi connectivity index (χ0v) is 7.77. The molecule has 0 saturated carbocycles. The number of nitrogens with two attached hydrogens (primary N) is 1. The molecule has 64 valence electrons. The highest BCUT2D eigenvalue weighted by molar-refractivity contribution is 5.75. The van der Waals surface area contributed by atoms with Gasteiger partial charge in [-0.15, -0.1) is 0 Å². The monoisotopic (exact) mass is 155 g/mol. The Balaban J connectivity index is 4.12. The van der Waals surface area contributed by atoms with Crippen LogP contribution in [0.15, 0.2) is 11.6 Å². The van der Waals surface area contributed by atoms with Crippen LogP contribution in [0.25, 0.3) is 0 Å². The zero-order valence-electron chi connectivity index (χ0n) is 7.77. The van der Waals surface area contributed by atoms with Gasteiger partial charge in [0, 0.05) is 6.42 Å². The summed E-state index contributed by atoms with van der Waals surface area (Å²) >= 11 is 0. The van der Waals surface area contributed by atoms with Crippen molar-refractivity contribution in [3.05, 3.63) is 11.6 Å². The van der Waals surface area contributed by atoms with Gasteiger partial charge >= 0.3 is 0 Å². The van der Waals surface area contributed by atoms with Crippen LogP contribution in [-0.4, -0.2) is 5.91 Å². The van der Waals surface area contributed by atoms with E-state index in [2.05, 4.69) is 20.8 Å². The predicted octanol–water partition coefficient (Wildman–Crippen LogP) is 1.85. The number of amides is 1. The van der Waals surface area contributed by atoms with Crippen molar-refractivity contribution in [2.45, 2.75) is 34.1 Å². The molecule has 0 saturated heterocycles. The second-order valence-electron chi connectivity index (χ2n) is 3.81. The van der Waals surface area contributed by atoms with Crippen molar-refractivity contribution in [1.82, 2.24) is 0 Å². The molecule has 0 unspecified atom stereocenters. The molecule has 1 amide bonds. The standard InChI is InChI=1S/C9H17NO/c1-7(9(2,3)4)5-6-8(10)11/h5H,6H2,1-4H3,(H2,10,11)/b7-5+. The maximum atomic E-state index is 10.4. The van der Waals surface area contributed by atoms with Crippen molar-refractivity contribution >= 4 is 5.91 Å². The first-order chi connectivity index (χ1) is 4.84. The lowest BCUT2D eigenvalue weighted by Gasteiger charge is -2.19. The van der Waals surface area contributed by atoms with E-state index in [9.17, 15) is 4.79 Å². The van der Waals surface area contributed by atoms with Crippen LogP contribution < -0.4 is 5.73 Å². The van der Waals surface area contributed by atoms with Gasteiger partial charge in [0.2, 0.25) is 5.91 Å². The van der Waals surface area contributed by atoms with Gasteiger partial charge in [-0.25, -0.2) is 0 Å². The van der Waals surface area contributed by atoms with Gasteiger partial charge in [0.05, 0.1) is 0 Å². The van der Waals surface area contributed by atoms with Gasteiger partial charge in [-0.2, -0.15) is 0 Å². The molecule has 0 atom stereocenters. The van der Waals surface area contributed by atoms with Crippen molar-refractivity contribution < 1.29 is 4.79 Å². The molecule has 0 rings (SSSR count). The van der Waals surface area contributed by atoms with Crippen molar-refractivity contribution in [2.24, 2.45) is 11.1 Å². The molecular formula is C9H17NO. The van der Waals surface area contributed by atoms with Crippen molar-refractivity contribution in [3.8, 4) is 0 Å². The molecule has 0 aromatic heterocycles. The normalized spacial score (nSPS) is 13.3. The molecule has 2 N–H and O–H groups in total. The zero-order chi connectivity index (χ0) is 9.07. The van der Waals surface area contributed by atoms with Gasteiger partial charge in [-0.3, -0.25) is 4.79 Å². The molecule has 0 bridgehead atoms. The van der Waals surface area contributed by atoms with Crippen molar-refractivity contribution in [1.29, 1.82) is 0 Å². The first-order valence-electron chi connectivity index (χ1n) is 3.79. The van der Waals surface area contributed by atoms with Crippen LogP contribution >= 0.6 is 0 Å². The van der Waals surface area contributed by atoms with Crippen molar-refractivity contribution in [2.75, 3.05) is 0 Å². The van der Waals surface area contributed by atoms with E-state index < -0.39 is 0 Å². The molecule has 2 heteroatoms. The lowest BCUT2D eigenvalue weighted by Crippen LogP contribution is -2.11. The Labute approximate surface area is 68.5 Å². The van der Waals surface area contributed by atoms with Gasteiger partial charge in [0.1, 0.15) is 0 Å². The minimum absolute atomic E-state index is 0.148. The Hall–Kier alpha value is -0.790. The number of carbonyl (C=O) groups is 1. The number of hydrogen-bond donors (Lipinski definition) is 1. The lowest BCUT2D eigenvalue weighted by atomic mass is 9.87. The first kappa shape index (κ1) is 10.2. The number of rotatable bonds is 2. The number of hydrogen-bond acceptors (Lipinski definition) is 1. The summed E-state index contributed by atoms with van der Waals surface area (Å²) in [7, 11) is 0. The third kappa shape index (κ3) is 4.59. The summed E-state index contributed by atoms with van der Waals surface area (Å²) in [5, 5.41) is 0. The van der Waals surface area contributed by atoms with Crippen LogP contribution in [0.3, 0.4) is 0 Å². The van der Waals surface area contributed by atoms with Crippen LogP contribution in [0.5, 0.6) is 0 Å². The van der Waals surface area contributed by atoms with Crippen LogP contribution in [0.2, 0.25) is 0 Å². The van der Waals surface area contributed by atoms with Crippen LogP contribution in [0.1, 0.15) is 34.1 Å². The highest BCUT2D eigenvalue weighted by Gasteiger charge is 2.11. The van der Waals surface area contributed by atoms with Gasteiger partial charge in [0.25, 0.3) is 0 Å². The van der Waals surface area contributed by atoms with E-state index in [0.29, 0.717) is 6.42 Å². The molecule has 0 fully saturated rings. The Morgan fingerprint density at radius 1 is 1.45 bits per heavy atom. The van der Waals surface area contributed by atoms with E-state index in [1.807, 2.05) is 13.0 Å². The molecular weight excluding hydrogens is 138 g/mol. The van der Waals surface area contributed by atoms with Gasteiger partial charge in [0.15, 0.2) is 0 Å². The van der Waals surface area contributed by atoms with Gasteiger partial charge < -0.3 is 5.73 Å². The highest BCUT2D eigenvalue weighted by atomic mass is 16.1. The summed E-state index contributed by atoms with van der Waals surface area (Å²) in [6.07, 6.45) is 2.24. The molecule has 2 nitrogen and oxygen atoms in total. The number of carbonyl (C=O) groups excluding carboxylic acids is 1. The van der Waals surface area contributed by atoms with E-state index in [4.69, 9.17) is 5.73 Å². The quantitative estimate of drug-likeness (QED) is 0.608. The fourth-order valence-electron chi connectivity index (χ4n) is 0.560. The molecule has 0 heterocycles. The SMILES string of the molecule is C/C(=C\CC(N)=O)C(C)(C)C. The maximum Gasteiger partial charge on any atom is 0.221 e. The second-order valence-corrected chi connectivity index (χ2v) is 3.81. The highest BCUT2D eigenvalue weighted by Crippen LogP contribution is 2.24. The summed E-state index contributed by atoms with van der Waals surface area (Å²) in [6, 6.07) is 0. The summed E-state index contributed by atoms with van der Waals surface area (Å²) in [4.78, 5) is 10.4. The summed E-state index contributed by atoms with van der Waals surface area (Å²) in [6.45, 7) is 8.35. The average molecular weight is 155 g/mol. The Bertz CT molecular complexity index is 174. The third-order valence-corrected chi connectivity index (χ3v) is 1.79. The molecule has 0 aliphatic heterocycles. The fraction of sp³-hybridized carbons (Fsp3) is 0.667. The van der Waals surface area contributed by atoms with E-state index in [0.717, 1.165) is 0 Å². The first-order valence-corrected chi connectivity index (χ1v) is 3.79. The maximum absolute atomic E-state index is 10.4. The minimum Gasteiger partial charge on any atom is -0.369 e. The smallest absolute Gasteiger partial charge is 0.221 e. The van der Waals surface area contributed by atoms with E-state index in [1.165, 1.54) is 5.57 Å². The average Bonchev–Trinajstić information content (AvgIpc) is 1.80. The van der Waals surface area contributed by atoms with E-state index in [1.54, 1.807) is 0 Å². The van der Waals surface area contributed by atoms with Gasteiger partial charge in [-0.1, -0.05) is 32.4 Å². The predicted molar refractivity (Wildman–Crippen MR) is 47.0 cm³/mol. The fourth-order valence-corrected chi connectivity index (χ4v) is 0.560. The Morgan fingerprint density at radius 2 is 1.91 bits per heavy atom. The molecule has 0 aliphatic carbocycles. The van der Waals surface area contributed by atoms with Crippen LogP contribution in [0.4, 0.5) is 0 Å². The minimum atomic E-state index is -0.270. The third-order valence-electron chi connectivity index (χ3n) is 1.79. The summed E-state index contributed by atoms with van der Waals surface area (Å²) in [5.74, 6) is -0.270. The van der Waals surface area contributed by atoms with E-state index in [-0.39, 0.29) is 11.3 Å². The molecule has 11 heavy (non-hydrogen) atoms. The molecule has 0 aliphatic rings. The topological polar surface area (TPSA) is 43.1 Å².